The van der Waals surface area contributed by atoms with Crippen molar-refractivity contribution in [1.82, 2.24) is 0 Å². The Morgan fingerprint density at radius 2 is 1.53 bits per heavy atom. The maximum atomic E-state index is 4.61. The number of fused-ring (bicyclic) bond motifs is 1. The Kier molecular flexibility index (Phi) is 6.39. The highest BCUT2D eigenvalue weighted by Gasteiger charge is 2.30. The number of hydrogen-bond donors (Lipinski definition) is 1. The van der Waals surface area contributed by atoms with E-state index in [-0.39, 0.29) is 0 Å². The summed E-state index contributed by atoms with van der Waals surface area (Å²) in [6.45, 7) is 4.03. The molecular weight excluding hydrogens is 449 g/mol. The van der Waals surface area contributed by atoms with Crippen LogP contribution in [0.25, 0.3) is 27.8 Å². The molecular formula is C27H25N2S3+. The van der Waals surface area contributed by atoms with Gasteiger partial charge in [-0.2, -0.15) is 17.2 Å². The van der Waals surface area contributed by atoms with E-state index in [1.807, 2.05) is 23.1 Å². The molecule has 0 N–H and O–H groups in total. The second-order valence-corrected chi connectivity index (χ2v) is 10.1. The van der Waals surface area contributed by atoms with Crippen molar-refractivity contribution in [2.75, 3.05) is 17.2 Å². The van der Waals surface area contributed by atoms with Gasteiger partial charge >= 0.3 is 0 Å². The predicted octanol–water partition coefficient (Wildman–Crippen LogP) is 7.23. The van der Waals surface area contributed by atoms with E-state index in [9.17, 15) is 0 Å². The minimum Gasteiger partial charge on any atom is -0.335 e. The molecule has 1 aliphatic heterocycles. The van der Waals surface area contributed by atoms with E-state index in [1.54, 1.807) is 0 Å². The summed E-state index contributed by atoms with van der Waals surface area (Å²) < 4.78 is 2.44. The van der Waals surface area contributed by atoms with Crippen molar-refractivity contribution >= 4 is 47.5 Å². The van der Waals surface area contributed by atoms with Crippen LogP contribution in [0.1, 0.15) is 11.9 Å². The van der Waals surface area contributed by atoms with Gasteiger partial charge in [0.25, 0.3) is 5.01 Å². The molecule has 5 rings (SSSR count). The number of aromatic nitrogens is 1. The van der Waals surface area contributed by atoms with Crippen LogP contribution in [0.4, 0.5) is 5.69 Å². The lowest BCUT2D eigenvalue weighted by Gasteiger charge is -2.17. The molecule has 0 amide bonds. The largest absolute Gasteiger partial charge is 0.335 e. The van der Waals surface area contributed by atoms with Gasteiger partial charge in [0.2, 0.25) is 5.69 Å². The van der Waals surface area contributed by atoms with E-state index in [2.05, 4.69) is 120 Å². The van der Waals surface area contributed by atoms with Gasteiger partial charge in [0.05, 0.1) is 16.8 Å². The zero-order valence-corrected chi connectivity index (χ0v) is 20.5. The van der Waals surface area contributed by atoms with E-state index >= 15 is 0 Å². The zero-order chi connectivity index (χ0) is 21.9. The third kappa shape index (κ3) is 4.01. The molecule has 32 heavy (non-hydrogen) atoms. The first-order valence-corrected chi connectivity index (χ1v) is 13.1. The minimum absolute atomic E-state index is 0.788. The highest BCUT2D eigenvalue weighted by molar-refractivity contribution is 8.03. The van der Waals surface area contributed by atoms with Crippen LogP contribution in [0.5, 0.6) is 0 Å². The molecule has 0 saturated heterocycles. The minimum atomic E-state index is 0.788. The Labute approximate surface area is 203 Å². The summed E-state index contributed by atoms with van der Waals surface area (Å²) >= 11 is 8.33. The van der Waals surface area contributed by atoms with Crippen LogP contribution >= 0.6 is 35.7 Å². The predicted molar refractivity (Wildman–Crippen MR) is 143 cm³/mol. The van der Waals surface area contributed by atoms with Crippen molar-refractivity contribution in [1.29, 1.82) is 0 Å². The molecule has 0 fully saturated rings. The van der Waals surface area contributed by atoms with Crippen molar-refractivity contribution in [3.8, 4) is 21.7 Å². The summed E-state index contributed by atoms with van der Waals surface area (Å²) in [5.74, 6) is 0.788. The molecule has 0 aliphatic carbocycles. The fourth-order valence-corrected chi connectivity index (χ4v) is 6.82. The maximum Gasteiger partial charge on any atom is 0.265 e. The highest BCUT2D eigenvalue weighted by atomic mass is 32.2. The average Bonchev–Trinajstić information content (AvgIpc) is 3.38. The topological polar surface area (TPSA) is 7.12 Å². The monoisotopic (exact) mass is 473 g/mol. The van der Waals surface area contributed by atoms with Crippen molar-refractivity contribution < 1.29 is 4.57 Å². The van der Waals surface area contributed by atoms with Crippen molar-refractivity contribution in [3.63, 3.8) is 0 Å². The Bertz CT molecular complexity index is 1250. The lowest BCUT2D eigenvalue weighted by atomic mass is 10.1. The summed E-state index contributed by atoms with van der Waals surface area (Å²) in [6.07, 6.45) is 2.36. The average molecular weight is 474 g/mol. The number of thiazole rings is 1. The number of thioether (sulfide) groups is 1. The molecule has 0 bridgehead atoms. The quantitative estimate of drug-likeness (QED) is 0.233. The molecule has 1 aliphatic rings. The Morgan fingerprint density at radius 1 is 0.875 bits per heavy atom. The SMILES string of the molecule is CCN1/C(=C/c2sc(-c3ccccc3)c(-c3ccccc3)[n+]2CCS)Sc2ccccc21. The van der Waals surface area contributed by atoms with Crippen LogP contribution < -0.4 is 9.47 Å². The third-order valence-electron chi connectivity index (χ3n) is 5.56. The third-order valence-corrected chi connectivity index (χ3v) is 8.06. The van der Waals surface area contributed by atoms with Gasteiger partial charge < -0.3 is 4.90 Å². The van der Waals surface area contributed by atoms with Crippen LogP contribution in [0.3, 0.4) is 0 Å². The highest BCUT2D eigenvalue weighted by Crippen LogP contribution is 2.47. The van der Waals surface area contributed by atoms with E-state index < -0.39 is 0 Å². The Hall–Kier alpha value is -2.47. The second-order valence-electron chi connectivity index (χ2n) is 7.52. The van der Waals surface area contributed by atoms with Gasteiger partial charge in [-0.1, -0.05) is 83.8 Å². The smallest absolute Gasteiger partial charge is 0.265 e. The first kappa shape index (κ1) is 21.4. The van der Waals surface area contributed by atoms with E-state index in [0.717, 1.165) is 18.8 Å². The van der Waals surface area contributed by atoms with Gasteiger partial charge in [0, 0.05) is 22.8 Å². The van der Waals surface area contributed by atoms with Crippen molar-refractivity contribution in [2.24, 2.45) is 0 Å². The molecule has 160 valence electrons. The Balaban J connectivity index is 1.70. The summed E-state index contributed by atoms with van der Waals surface area (Å²) in [5, 5.41) is 2.53. The van der Waals surface area contributed by atoms with Crippen LogP contribution in [-0.2, 0) is 6.54 Å². The fourth-order valence-electron chi connectivity index (χ4n) is 4.13. The summed E-state index contributed by atoms with van der Waals surface area (Å²) in [4.78, 5) is 5.04. The zero-order valence-electron chi connectivity index (χ0n) is 17.9. The van der Waals surface area contributed by atoms with Crippen molar-refractivity contribution in [3.05, 3.63) is 95.0 Å². The normalized spacial score (nSPS) is 14.2. The number of hydrogen-bond acceptors (Lipinski definition) is 4. The lowest BCUT2D eigenvalue weighted by molar-refractivity contribution is -0.678. The first-order chi connectivity index (χ1) is 15.8. The second kappa shape index (κ2) is 9.57. The van der Waals surface area contributed by atoms with Crippen LogP contribution in [0.15, 0.2) is 94.9 Å². The van der Waals surface area contributed by atoms with Gasteiger partial charge in [-0.15, -0.1) is 0 Å². The summed E-state index contributed by atoms with van der Waals surface area (Å²) in [6, 6.07) is 30.1. The summed E-state index contributed by atoms with van der Waals surface area (Å²) in [7, 11) is 0. The lowest BCUT2D eigenvalue weighted by Crippen LogP contribution is -2.38. The van der Waals surface area contributed by atoms with Crippen LogP contribution in [0, 0.1) is 0 Å². The first-order valence-electron chi connectivity index (χ1n) is 10.8. The maximum absolute atomic E-state index is 4.61. The van der Waals surface area contributed by atoms with E-state index in [0.29, 0.717) is 0 Å². The number of nitrogens with zero attached hydrogens (tertiary/aromatic N) is 2. The molecule has 1 aromatic heterocycles. The molecule has 0 unspecified atom stereocenters. The standard InChI is InChI=1S/C27H24N2S3/c1-2-28-22-15-9-10-16-23(22)31-24(28)19-25-29(17-18-30)26(20-11-5-3-6-12-20)27(32-25)21-13-7-4-8-14-21/h3-16,19H,2,17-18H2,1H3/p+1. The molecule has 5 heteroatoms. The van der Waals surface area contributed by atoms with Crippen LogP contribution in [-0.4, -0.2) is 12.3 Å². The molecule has 0 saturated carbocycles. The van der Waals surface area contributed by atoms with Crippen LogP contribution in [0.2, 0.25) is 0 Å². The van der Waals surface area contributed by atoms with Gasteiger partial charge in [-0.05, 0) is 36.8 Å². The van der Waals surface area contributed by atoms with Gasteiger partial charge in [0.1, 0.15) is 4.88 Å². The Morgan fingerprint density at radius 3 is 2.22 bits per heavy atom. The van der Waals surface area contributed by atoms with Crippen molar-refractivity contribution in [2.45, 2.75) is 18.4 Å². The van der Waals surface area contributed by atoms with E-state index in [4.69, 9.17) is 0 Å². The van der Waals surface area contributed by atoms with E-state index in [1.165, 1.54) is 42.3 Å². The summed E-state index contributed by atoms with van der Waals surface area (Å²) in [5.41, 5.74) is 5.06. The molecule has 0 spiro atoms. The van der Waals surface area contributed by atoms with Gasteiger partial charge in [-0.25, -0.2) is 0 Å². The number of rotatable bonds is 6. The fraction of sp³-hybridized carbons (Fsp3) is 0.148. The molecule has 4 aromatic rings. The molecule has 0 atom stereocenters. The van der Waals surface area contributed by atoms with Gasteiger partial charge in [0.15, 0.2) is 6.54 Å². The molecule has 3 aromatic carbocycles. The molecule has 2 heterocycles. The molecule has 0 radical (unpaired) electrons. The number of benzene rings is 3. The molecule has 2 nitrogen and oxygen atoms in total. The van der Waals surface area contributed by atoms with Gasteiger partial charge in [-0.3, -0.25) is 0 Å². The number of thiol groups is 1. The number of anilines is 1. The number of para-hydroxylation sites is 1.